The molecule has 0 aromatic heterocycles. The average Bonchev–Trinajstić information content (AvgIpc) is 2.73. The highest BCUT2D eigenvalue weighted by Gasteiger charge is 2.31. The van der Waals surface area contributed by atoms with Crippen molar-refractivity contribution in [2.24, 2.45) is 11.8 Å². The minimum atomic E-state index is -0.420. The van der Waals surface area contributed by atoms with E-state index in [1.807, 2.05) is 0 Å². The molecule has 1 aliphatic rings. The summed E-state index contributed by atoms with van der Waals surface area (Å²) in [6.45, 7) is 4.51. The topological polar surface area (TPSA) is 47.3 Å². The number of halogens is 1. The Morgan fingerprint density at radius 3 is 2.74 bits per heavy atom. The third-order valence-electron chi connectivity index (χ3n) is 4.42. The van der Waals surface area contributed by atoms with Crippen LogP contribution in [0.25, 0.3) is 0 Å². The van der Waals surface area contributed by atoms with Crippen LogP contribution in [0.2, 0.25) is 0 Å². The number of nitrogens with one attached hydrogen (secondary N) is 1. The number of anilines is 2. The Kier molecular flexibility index (Phi) is 4.17. The van der Waals surface area contributed by atoms with E-state index in [-0.39, 0.29) is 5.75 Å². The average molecular weight is 266 g/mol. The molecule has 2 rings (SSSR count). The Hall–Kier alpha value is -1.45. The number of nitrogen functional groups attached to an aromatic ring is 1. The number of hydrogen-bond donors (Lipinski definition) is 2. The third kappa shape index (κ3) is 2.77. The SMILES string of the molecule is CCC1CCC(Nc2cc(OC)c(F)cc2N)C1C. The zero-order chi connectivity index (χ0) is 14.0. The Morgan fingerprint density at radius 1 is 1.42 bits per heavy atom. The molecule has 0 aliphatic heterocycles. The van der Waals surface area contributed by atoms with Crippen molar-refractivity contribution in [3.05, 3.63) is 17.9 Å². The second-order valence-electron chi connectivity index (χ2n) is 5.43. The Balaban J connectivity index is 2.15. The van der Waals surface area contributed by atoms with Crippen molar-refractivity contribution in [3.8, 4) is 5.75 Å². The number of ether oxygens (including phenoxy) is 1. The van der Waals surface area contributed by atoms with Crippen LogP contribution in [0.3, 0.4) is 0 Å². The number of nitrogens with two attached hydrogens (primary N) is 1. The number of rotatable bonds is 4. The highest BCUT2D eigenvalue weighted by atomic mass is 19.1. The van der Waals surface area contributed by atoms with Gasteiger partial charge >= 0.3 is 0 Å². The van der Waals surface area contributed by atoms with Gasteiger partial charge in [-0.15, -0.1) is 0 Å². The quantitative estimate of drug-likeness (QED) is 0.818. The van der Waals surface area contributed by atoms with E-state index in [9.17, 15) is 4.39 Å². The first-order valence-electron chi connectivity index (χ1n) is 6.96. The van der Waals surface area contributed by atoms with Gasteiger partial charge < -0.3 is 15.8 Å². The second kappa shape index (κ2) is 5.68. The summed E-state index contributed by atoms with van der Waals surface area (Å²) < 4.78 is 18.5. The molecule has 1 saturated carbocycles. The van der Waals surface area contributed by atoms with Gasteiger partial charge in [-0.3, -0.25) is 0 Å². The maximum absolute atomic E-state index is 13.5. The fraction of sp³-hybridized carbons (Fsp3) is 0.600. The van der Waals surface area contributed by atoms with Crippen molar-refractivity contribution < 1.29 is 9.13 Å². The second-order valence-corrected chi connectivity index (χ2v) is 5.43. The zero-order valence-electron chi connectivity index (χ0n) is 11.9. The first-order valence-corrected chi connectivity index (χ1v) is 6.96. The van der Waals surface area contributed by atoms with Gasteiger partial charge in [0.25, 0.3) is 0 Å². The molecule has 1 fully saturated rings. The van der Waals surface area contributed by atoms with Crippen LogP contribution in [0, 0.1) is 17.7 Å². The molecular formula is C15H23FN2O. The summed E-state index contributed by atoms with van der Waals surface area (Å²) >= 11 is 0. The highest BCUT2D eigenvalue weighted by Crippen LogP contribution is 2.37. The molecule has 19 heavy (non-hydrogen) atoms. The highest BCUT2D eigenvalue weighted by molar-refractivity contribution is 5.69. The molecule has 1 aromatic carbocycles. The summed E-state index contributed by atoms with van der Waals surface area (Å²) in [6.07, 6.45) is 3.59. The molecule has 1 aliphatic carbocycles. The first kappa shape index (κ1) is 14.0. The summed E-state index contributed by atoms with van der Waals surface area (Å²) in [7, 11) is 1.46. The lowest BCUT2D eigenvalue weighted by Gasteiger charge is -2.23. The molecule has 0 saturated heterocycles. The molecule has 106 valence electrons. The largest absolute Gasteiger partial charge is 0.494 e. The monoisotopic (exact) mass is 266 g/mol. The van der Waals surface area contributed by atoms with Crippen LogP contribution >= 0.6 is 0 Å². The molecule has 0 radical (unpaired) electrons. The van der Waals surface area contributed by atoms with Crippen molar-refractivity contribution in [2.45, 2.75) is 39.2 Å². The Bertz CT molecular complexity index is 450. The van der Waals surface area contributed by atoms with Crippen molar-refractivity contribution in [1.82, 2.24) is 0 Å². The molecule has 3 nitrogen and oxygen atoms in total. The van der Waals surface area contributed by atoms with Gasteiger partial charge in [0.2, 0.25) is 0 Å². The molecule has 3 unspecified atom stereocenters. The van der Waals surface area contributed by atoms with E-state index in [4.69, 9.17) is 10.5 Å². The standard InChI is InChI=1S/C15H23FN2O/c1-4-10-5-6-13(9(10)2)18-14-8-15(19-3)11(16)7-12(14)17/h7-10,13,18H,4-6,17H2,1-3H3. The number of benzene rings is 1. The molecule has 1 aromatic rings. The predicted octanol–water partition coefficient (Wildman–Crippen LogP) is 3.65. The summed E-state index contributed by atoms with van der Waals surface area (Å²) in [5, 5.41) is 3.45. The normalized spacial score (nSPS) is 26.4. The van der Waals surface area contributed by atoms with Crippen LogP contribution in [0.4, 0.5) is 15.8 Å². The van der Waals surface area contributed by atoms with Crippen molar-refractivity contribution in [2.75, 3.05) is 18.2 Å². The molecule has 0 heterocycles. The minimum absolute atomic E-state index is 0.231. The maximum Gasteiger partial charge on any atom is 0.167 e. The van der Waals surface area contributed by atoms with E-state index in [1.54, 1.807) is 6.07 Å². The van der Waals surface area contributed by atoms with Gasteiger partial charge in [0.05, 0.1) is 18.5 Å². The maximum atomic E-state index is 13.5. The van der Waals surface area contributed by atoms with Crippen LogP contribution in [0.5, 0.6) is 5.75 Å². The van der Waals surface area contributed by atoms with E-state index in [0.717, 1.165) is 18.0 Å². The van der Waals surface area contributed by atoms with Gasteiger partial charge in [0, 0.05) is 18.2 Å². The predicted molar refractivity (Wildman–Crippen MR) is 77.0 cm³/mol. The van der Waals surface area contributed by atoms with E-state index < -0.39 is 5.82 Å². The summed E-state index contributed by atoms with van der Waals surface area (Å²) in [4.78, 5) is 0. The van der Waals surface area contributed by atoms with Crippen LogP contribution in [0.1, 0.15) is 33.1 Å². The lowest BCUT2D eigenvalue weighted by atomic mass is 9.93. The minimum Gasteiger partial charge on any atom is -0.494 e. The molecule has 0 amide bonds. The van der Waals surface area contributed by atoms with E-state index >= 15 is 0 Å². The van der Waals surface area contributed by atoms with Crippen molar-refractivity contribution >= 4 is 11.4 Å². The van der Waals surface area contributed by atoms with Crippen molar-refractivity contribution in [1.29, 1.82) is 0 Å². The summed E-state index contributed by atoms with van der Waals surface area (Å²) in [5.74, 6) is 1.19. The third-order valence-corrected chi connectivity index (χ3v) is 4.42. The van der Waals surface area contributed by atoms with Gasteiger partial charge in [0.15, 0.2) is 11.6 Å². The van der Waals surface area contributed by atoms with Gasteiger partial charge in [-0.2, -0.15) is 0 Å². The van der Waals surface area contributed by atoms with E-state index in [2.05, 4.69) is 19.2 Å². The van der Waals surface area contributed by atoms with Gasteiger partial charge in [-0.1, -0.05) is 20.3 Å². The number of methoxy groups -OCH3 is 1. The lowest BCUT2D eigenvalue weighted by Crippen LogP contribution is -2.25. The molecule has 0 bridgehead atoms. The molecule has 4 heteroatoms. The Labute approximate surface area is 114 Å². The fourth-order valence-corrected chi connectivity index (χ4v) is 3.08. The fourth-order valence-electron chi connectivity index (χ4n) is 3.08. The van der Waals surface area contributed by atoms with Crippen LogP contribution in [-0.4, -0.2) is 13.2 Å². The van der Waals surface area contributed by atoms with Crippen LogP contribution in [0.15, 0.2) is 12.1 Å². The molecule has 0 spiro atoms. The van der Waals surface area contributed by atoms with Gasteiger partial charge in [0.1, 0.15) is 0 Å². The van der Waals surface area contributed by atoms with Crippen molar-refractivity contribution in [3.63, 3.8) is 0 Å². The van der Waals surface area contributed by atoms with Gasteiger partial charge in [-0.25, -0.2) is 4.39 Å². The lowest BCUT2D eigenvalue weighted by molar-refractivity contribution is 0.385. The van der Waals surface area contributed by atoms with Crippen LogP contribution < -0.4 is 15.8 Å². The smallest absolute Gasteiger partial charge is 0.167 e. The Morgan fingerprint density at radius 2 is 2.16 bits per heavy atom. The van der Waals surface area contributed by atoms with Crippen LogP contribution in [-0.2, 0) is 0 Å². The molecule has 3 N–H and O–H groups in total. The summed E-state index contributed by atoms with van der Waals surface area (Å²) in [5.41, 5.74) is 7.08. The first-order chi connectivity index (χ1) is 9.06. The zero-order valence-corrected chi connectivity index (χ0v) is 11.9. The molecular weight excluding hydrogens is 243 g/mol. The number of hydrogen-bond acceptors (Lipinski definition) is 3. The molecule has 3 atom stereocenters. The van der Waals surface area contributed by atoms with E-state index in [1.165, 1.54) is 26.0 Å². The van der Waals surface area contributed by atoms with E-state index in [0.29, 0.717) is 17.6 Å². The summed E-state index contributed by atoms with van der Waals surface area (Å²) in [6, 6.07) is 3.37. The van der Waals surface area contributed by atoms with Gasteiger partial charge in [-0.05, 0) is 24.7 Å².